The van der Waals surface area contributed by atoms with Crippen molar-refractivity contribution >= 4 is 17.4 Å². The standard InChI is InChI=1S/C13H21N3OS/c14-11-2-1-3-13(8-11)18-10-12(17)9-16-6-4-15-5-7-16/h1-3,8,12,15,17H,4-7,9-10,14H2. The smallest absolute Gasteiger partial charge is 0.0760 e. The van der Waals surface area contributed by atoms with Crippen LogP contribution in [0.4, 0.5) is 5.69 Å². The van der Waals surface area contributed by atoms with E-state index < -0.39 is 0 Å². The molecule has 1 unspecified atom stereocenters. The molecule has 0 radical (unpaired) electrons. The number of β-amino-alcohol motifs (C(OH)–C–C–N with tert-alkyl or cyclic N) is 1. The minimum absolute atomic E-state index is 0.283. The Kier molecular flexibility index (Phi) is 5.31. The van der Waals surface area contributed by atoms with Crippen molar-refractivity contribution in [1.82, 2.24) is 10.2 Å². The lowest BCUT2D eigenvalue weighted by molar-refractivity contribution is 0.121. The van der Waals surface area contributed by atoms with Gasteiger partial charge in [-0.3, -0.25) is 4.90 Å². The number of nitrogens with two attached hydrogens (primary N) is 1. The number of piperazine rings is 1. The van der Waals surface area contributed by atoms with Crippen molar-refractivity contribution in [3.8, 4) is 0 Å². The van der Waals surface area contributed by atoms with E-state index in [1.54, 1.807) is 11.8 Å². The highest BCUT2D eigenvalue weighted by atomic mass is 32.2. The SMILES string of the molecule is Nc1cccc(SCC(O)CN2CCNCC2)c1. The van der Waals surface area contributed by atoms with E-state index in [9.17, 15) is 5.11 Å². The molecule has 0 bridgehead atoms. The Morgan fingerprint density at radius 3 is 2.89 bits per heavy atom. The molecule has 1 fully saturated rings. The van der Waals surface area contributed by atoms with Crippen molar-refractivity contribution in [2.45, 2.75) is 11.0 Å². The van der Waals surface area contributed by atoms with E-state index in [2.05, 4.69) is 10.2 Å². The normalized spacial score (nSPS) is 18.7. The van der Waals surface area contributed by atoms with Crippen molar-refractivity contribution < 1.29 is 5.11 Å². The summed E-state index contributed by atoms with van der Waals surface area (Å²) in [6.45, 7) is 4.86. The number of nitrogens with zero attached hydrogens (tertiary/aromatic N) is 1. The van der Waals surface area contributed by atoms with Gasteiger partial charge in [-0.2, -0.15) is 0 Å². The fourth-order valence-corrected chi connectivity index (χ4v) is 2.93. The van der Waals surface area contributed by atoms with Gasteiger partial charge in [0.15, 0.2) is 0 Å². The molecule has 1 aromatic carbocycles. The fraction of sp³-hybridized carbons (Fsp3) is 0.538. The van der Waals surface area contributed by atoms with E-state index in [-0.39, 0.29) is 6.10 Å². The van der Waals surface area contributed by atoms with Gasteiger partial charge in [0.1, 0.15) is 0 Å². The number of anilines is 1. The maximum absolute atomic E-state index is 10.0. The molecular weight excluding hydrogens is 246 g/mol. The van der Waals surface area contributed by atoms with Gasteiger partial charge in [0.05, 0.1) is 6.10 Å². The van der Waals surface area contributed by atoms with Gasteiger partial charge >= 0.3 is 0 Å². The van der Waals surface area contributed by atoms with Crippen LogP contribution in [0.1, 0.15) is 0 Å². The molecule has 1 aliphatic rings. The second kappa shape index (κ2) is 6.99. The lowest BCUT2D eigenvalue weighted by Crippen LogP contribution is -2.46. The molecule has 5 heteroatoms. The first-order chi connectivity index (χ1) is 8.74. The van der Waals surface area contributed by atoms with E-state index >= 15 is 0 Å². The van der Waals surface area contributed by atoms with Crippen molar-refractivity contribution in [3.63, 3.8) is 0 Å². The fourth-order valence-electron chi connectivity index (χ4n) is 2.04. The quantitative estimate of drug-likeness (QED) is 0.539. The Morgan fingerprint density at radius 2 is 2.17 bits per heavy atom. The molecule has 1 heterocycles. The molecule has 1 saturated heterocycles. The van der Waals surface area contributed by atoms with Crippen LogP contribution in [-0.2, 0) is 0 Å². The highest BCUT2D eigenvalue weighted by molar-refractivity contribution is 7.99. The average Bonchev–Trinajstić information content (AvgIpc) is 2.38. The Morgan fingerprint density at radius 1 is 1.39 bits per heavy atom. The van der Waals surface area contributed by atoms with Crippen LogP contribution in [0.15, 0.2) is 29.2 Å². The summed E-state index contributed by atoms with van der Waals surface area (Å²) >= 11 is 1.66. The Labute approximate surface area is 113 Å². The Balaban J connectivity index is 1.72. The zero-order chi connectivity index (χ0) is 12.8. The van der Waals surface area contributed by atoms with Gasteiger partial charge < -0.3 is 16.2 Å². The number of nitrogen functional groups attached to an aromatic ring is 1. The topological polar surface area (TPSA) is 61.5 Å². The zero-order valence-electron chi connectivity index (χ0n) is 10.5. The second-order valence-electron chi connectivity index (χ2n) is 4.59. The number of benzene rings is 1. The number of aliphatic hydroxyl groups excluding tert-OH is 1. The molecule has 0 spiro atoms. The highest BCUT2D eigenvalue weighted by Crippen LogP contribution is 2.21. The molecule has 1 aliphatic heterocycles. The van der Waals surface area contributed by atoms with Crippen LogP contribution in [0.25, 0.3) is 0 Å². The first kappa shape index (κ1) is 13.7. The predicted octanol–water partition coefficient (Wildman–Crippen LogP) is 0.627. The molecule has 100 valence electrons. The summed E-state index contributed by atoms with van der Waals surface area (Å²) in [5, 5.41) is 13.3. The van der Waals surface area contributed by atoms with Crippen molar-refractivity contribution in [3.05, 3.63) is 24.3 Å². The summed E-state index contributed by atoms with van der Waals surface area (Å²) < 4.78 is 0. The number of thioether (sulfide) groups is 1. The monoisotopic (exact) mass is 267 g/mol. The molecule has 1 atom stereocenters. The Bertz CT molecular complexity index is 369. The van der Waals surface area contributed by atoms with Gasteiger partial charge in [0.2, 0.25) is 0 Å². The summed E-state index contributed by atoms with van der Waals surface area (Å²) in [4.78, 5) is 3.43. The maximum Gasteiger partial charge on any atom is 0.0760 e. The third-order valence-electron chi connectivity index (χ3n) is 2.98. The van der Waals surface area contributed by atoms with Gasteiger partial charge in [-0.25, -0.2) is 0 Å². The van der Waals surface area contributed by atoms with E-state index in [1.807, 2.05) is 24.3 Å². The molecule has 2 rings (SSSR count). The first-order valence-corrected chi connectivity index (χ1v) is 7.32. The number of nitrogens with one attached hydrogen (secondary N) is 1. The zero-order valence-corrected chi connectivity index (χ0v) is 11.3. The highest BCUT2D eigenvalue weighted by Gasteiger charge is 2.14. The molecule has 18 heavy (non-hydrogen) atoms. The molecule has 0 saturated carbocycles. The second-order valence-corrected chi connectivity index (χ2v) is 5.68. The minimum Gasteiger partial charge on any atom is -0.399 e. The average molecular weight is 267 g/mol. The van der Waals surface area contributed by atoms with E-state index in [4.69, 9.17) is 5.73 Å². The molecule has 0 aliphatic carbocycles. The summed E-state index contributed by atoms with van der Waals surface area (Å²) in [6, 6.07) is 7.79. The molecule has 0 amide bonds. The van der Waals surface area contributed by atoms with Gasteiger partial charge in [-0.15, -0.1) is 11.8 Å². The van der Waals surface area contributed by atoms with Crippen LogP contribution in [0.5, 0.6) is 0 Å². The van der Waals surface area contributed by atoms with Crippen LogP contribution >= 0.6 is 11.8 Å². The molecule has 0 aromatic heterocycles. The van der Waals surface area contributed by atoms with E-state index in [1.165, 1.54) is 0 Å². The summed E-state index contributed by atoms with van der Waals surface area (Å²) in [5.41, 5.74) is 6.50. The third-order valence-corrected chi connectivity index (χ3v) is 4.12. The first-order valence-electron chi connectivity index (χ1n) is 6.33. The molecule has 4 N–H and O–H groups in total. The van der Waals surface area contributed by atoms with Gasteiger partial charge in [-0.05, 0) is 18.2 Å². The lowest BCUT2D eigenvalue weighted by atomic mass is 10.3. The van der Waals surface area contributed by atoms with Crippen molar-refractivity contribution in [2.75, 3.05) is 44.2 Å². The van der Waals surface area contributed by atoms with Crippen LogP contribution in [-0.4, -0.2) is 54.6 Å². The van der Waals surface area contributed by atoms with Crippen molar-refractivity contribution in [1.29, 1.82) is 0 Å². The summed E-state index contributed by atoms with van der Waals surface area (Å²) in [7, 11) is 0. The van der Waals surface area contributed by atoms with Crippen molar-refractivity contribution in [2.24, 2.45) is 0 Å². The largest absolute Gasteiger partial charge is 0.399 e. The van der Waals surface area contributed by atoms with E-state index in [0.717, 1.165) is 43.3 Å². The van der Waals surface area contributed by atoms with Crippen LogP contribution < -0.4 is 11.1 Å². The van der Waals surface area contributed by atoms with Gasteiger partial charge in [0, 0.05) is 49.1 Å². The van der Waals surface area contributed by atoms with Gasteiger partial charge in [-0.1, -0.05) is 6.07 Å². The number of rotatable bonds is 5. The minimum atomic E-state index is -0.283. The number of hydrogen-bond donors (Lipinski definition) is 3. The molecule has 1 aromatic rings. The number of hydrogen-bond acceptors (Lipinski definition) is 5. The predicted molar refractivity (Wildman–Crippen MR) is 76.9 cm³/mol. The maximum atomic E-state index is 10.0. The lowest BCUT2D eigenvalue weighted by Gasteiger charge is -2.28. The van der Waals surface area contributed by atoms with E-state index in [0.29, 0.717) is 5.75 Å². The van der Waals surface area contributed by atoms with Crippen LogP contribution in [0, 0.1) is 0 Å². The summed E-state index contributed by atoms with van der Waals surface area (Å²) in [6.07, 6.45) is -0.283. The molecular formula is C13H21N3OS. The van der Waals surface area contributed by atoms with Crippen LogP contribution in [0.3, 0.4) is 0 Å². The number of aliphatic hydroxyl groups is 1. The van der Waals surface area contributed by atoms with Crippen LogP contribution in [0.2, 0.25) is 0 Å². The molecule has 4 nitrogen and oxygen atoms in total. The Hall–Kier alpha value is -0.750. The van der Waals surface area contributed by atoms with Gasteiger partial charge in [0.25, 0.3) is 0 Å². The summed E-state index contributed by atoms with van der Waals surface area (Å²) in [5.74, 6) is 0.716. The third kappa shape index (κ3) is 4.49.